The fourth-order valence-corrected chi connectivity index (χ4v) is 0.869. The lowest BCUT2D eigenvalue weighted by Crippen LogP contribution is -2.04. The van der Waals surface area contributed by atoms with Crippen LogP contribution in [0.2, 0.25) is 0 Å². The molecule has 2 radical (unpaired) electrons. The molecule has 0 aliphatic carbocycles. The van der Waals surface area contributed by atoms with E-state index in [1.54, 1.807) is 6.07 Å². The van der Waals surface area contributed by atoms with Crippen molar-refractivity contribution >= 4 is 13.3 Å². The van der Waals surface area contributed by atoms with Crippen molar-refractivity contribution in [3.63, 3.8) is 0 Å². The maximum absolute atomic E-state index is 12.6. The topological polar surface area (TPSA) is 23.8 Å². The Morgan fingerprint density at radius 3 is 2.73 bits per heavy atom. The molecule has 0 aromatic heterocycles. The minimum Gasteiger partial charge on any atom is -0.207 e. The molecule has 11 heavy (non-hydrogen) atoms. The lowest BCUT2D eigenvalue weighted by molar-refractivity contribution is 0.627. The van der Waals surface area contributed by atoms with Gasteiger partial charge >= 0.3 is 0 Å². The van der Waals surface area contributed by atoms with Gasteiger partial charge in [-0.05, 0) is 17.7 Å². The predicted molar refractivity (Wildman–Crippen MR) is 41.1 cm³/mol. The van der Waals surface area contributed by atoms with Gasteiger partial charge in [-0.15, -0.1) is 0 Å². The molecule has 0 bridgehead atoms. The fraction of sp³-hybridized carbons (Fsp3) is 0.125. The Kier molecular flexibility index (Phi) is 2.27. The average molecular weight is 145 g/mol. The largest absolute Gasteiger partial charge is 0.207 e. The van der Waals surface area contributed by atoms with Crippen LogP contribution < -0.4 is 5.46 Å². The third-order valence-corrected chi connectivity index (χ3v) is 1.26. The highest BCUT2D eigenvalue weighted by molar-refractivity contribution is 6.32. The molecule has 3 heteroatoms. The van der Waals surface area contributed by atoms with E-state index in [9.17, 15) is 4.39 Å². The van der Waals surface area contributed by atoms with Gasteiger partial charge in [-0.2, -0.15) is 5.26 Å². The van der Waals surface area contributed by atoms with Crippen LogP contribution in [0.25, 0.3) is 0 Å². The fourth-order valence-electron chi connectivity index (χ4n) is 0.869. The SMILES string of the molecule is [B]c1cc(F)cc(CC#N)c1. The van der Waals surface area contributed by atoms with Gasteiger partial charge in [-0.25, -0.2) is 4.39 Å². The third kappa shape index (κ3) is 2.08. The molecule has 1 nitrogen and oxygen atoms in total. The van der Waals surface area contributed by atoms with Crippen molar-refractivity contribution in [3.8, 4) is 6.07 Å². The number of hydrogen-bond acceptors (Lipinski definition) is 1. The van der Waals surface area contributed by atoms with E-state index in [0.29, 0.717) is 11.0 Å². The number of nitrogens with zero attached hydrogens (tertiary/aromatic N) is 1. The number of nitriles is 1. The second-order valence-corrected chi connectivity index (χ2v) is 2.23. The quantitative estimate of drug-likeness (QED) is 0.533. The van der Waals surface area contributed by atoms with Crippen LogP contribution in [-0.2, 0) is 6.42 Å². The zero-order chi connectivity index (χ0) is 8.27. The molecule has 0 aliphatic heterocycles. The summed E-state index contributed by atoms with van der Waals surface area (Å²) >= 11 is 0. The van der Waals surface area contributed by atoms with E-state index in [-0.39, 0.29) is 6.42 Å². The standard InChI is InChI=1S/C8H5BFN/c9-7-3-6(1-2-11)4-8(10)5-7/h3-5H,1H2. The molecule has 0 aliphatic rings. The Hall–Kier alpha value is -1.30. The molecule has 0 saturated carbocycles. The van der Waals surface area contributed by atoms with Crippen molar-refractivity contribution in [2.75, 3.05) is 0 Å². The first-order valence-corrected chi connectivity index (χ1v) is 3.14. The molecule has 0 unspecified atom stereocenters. The minimum absolute atomic E-state index is 0.196. The molecule has 0 fully saturated rings. The van der Waals surface area contributed by atoms with Crippen LogP contribution in [0.4, 0.5) is 4.39 Å². The van der Waals surface area contributed by atoms with Crippen molar-refractivity contribution in [1.29, 1.82) is 5.26 Å². The number of benzene rings is 1. The predicted octanol–water partition coefficient (Wildman–Crippen LogP) is 0.686. The van der Waals surface area contributed by atoms with Crippen molar-refractivity contribution in [2.24, 2.45) is 0 Å². The van der Waals surface area contributed by atoms with E-state index in [4.69, 9.17) is 13.1 Å². The van der Waals surface area contributed by atoms with E-state index in [1.165, 1.54) is 12.1 Å². The smallest absolute Gasteiger partial charge is 0.122 e. The summed E-state index contributed by atoms with van der Waals surface area (Å²) in [5, 5.41) is 8.29. The molecule has 0 amide bonds. The second-order valence-electron chi connectivity index (χ2n) is 2.23. The number of hydrogen-bond donors (Lipinski definition) is 0. The molecule has 52 valence electrons. The number of rotatable bonds is 1. The molecular weight excluding hydrogens is 140 g/mol. The lowest BCUT2D eigenvalue weighted by Gasteiger charge is -1.97. The molecule has 1 rings (SSSR count). The molecule has 0 spiro atoms. The van der Waals surface area contributed by atoms with E-state index >= 15 is 0 Å². The minimum atomic E-state index is -0.393. The Morgan fingerprint density at radius 1 is 1.45 bits per heavy atom. The zero-order valence-electron chi connectivity index (χ0n) is 5.84. The summed E-state index contributed by atoms with van der Waals surface area (Å²) in [5.74, 6) is -0.393. The second kappa shape index (κ2) is 3.20. The average Bonchev–Trinajstić information content (AvgIpc) is 1.85. The van der Waals surface area contributed by atoms with Gasteiger partial charge in [0.2, 0.25) is 0 Å². The Morgan fingerprint density at radius 2 is 2.18 bits per heavy atom. The molecule has 0 heterocycles. The first-order chi connectivity index (χ1) is 5.22. The van der Waals surface area contributed by atoms with Crippen LogP contribution in [0, 0.1) is 17.1 Å². The molecule has 0 atom stereocenters. The van der Waals surface area contributed by atoms with Gasteiger partial charge in [0, 0.05) is 0 Å². The summed E-state index contributed by atoms with van der Waals surface area (Å²) in [5.41, 5.74) is 0.972. The van der Waals surface area contributed by atoms with E-state index in [2.05, 4.69) is 0 Å². The van der Waals surface area contributed by atoms with Crippen LogP contribution >= 0.6 is 0 Å². The maximum Gasteiger partial charge on any atom is 0.122 e. The highest BCUT2D eigenvalue weighted by atomic mass is 19.1. The summed E-state index contributed by atoms with van der Waals surface area (Å²) in [6, 6.07) is 6.03. The Balaban J connectivity index is 3.01. The highest BCUT2D eigenvalue weighted by Crippen LogP contribution is 2.00. The summed E-state index contributed by atoms with van der Waals surface area (Å²) in [7, 11) is 5.34. The van der Waals surface area contributed by atoms with Gasteiger partial charge < -0.3 is 0 Å². The summed E-state index contributed by atoms with van der Waals surface area (Å²) in [4.78, 5) is 0. The van der Waals surface area contributed by atoms with E-state index in [1.807, 2.05) is 6.07 Å². The molecular formula is C8H5BFN. The maximum atomic E-state index is 12.6. The van der Waals surface area contributed by atoms with Gasteiger partial charge in [-0.3, -0.25) is 0 Å². The normalized spacial score (nSPS) is 9.09. The van der Waals surface area contributed by atoms with Crippen molar-refractivity contribution in [2.45, 2.75) is 6.42 Å². The van der Waals surface area contributed by atoms with Crippen LogP contribution in [-0.4, -0.2) is 7.85 Å². The lowest BCUT2D eigenvalue weighted by atomic mass is 9.93. The van der Waals surface area contributed by atoms with Crippen molar-refractivity contribution in [3.05, 3.63) is 29.6 Å². The number of halogens is 1. The van der Waals surface area contributed by atoms with Crippen LogP contribution in [0.1, 0.15) is 5.56 Å². The monoisotopic (exact) mass is 145 g/mol. The molecule has 0 N–H and O–H groups in total. The Labute approximate surface area is 65.9 Å². The van der Waals surface area contributed by atoms with Gasteiger partial charge in [0.1, 0.15) is 13.7 Å². The van der Waals surface area contributed by atoms with Gasteiger partial charge in [0.15, 0.2) is 0 Å². The summed E-state index contributed by atoms with van der Waals surface area (Å²) in [6.07, 6.45) is 0.196. The Bertz CT molecular complexity index is 283. The van der Waals surface area contributed by atoms with Crippen molar-refractivity contribution < 1.29 is 4.39 Å². The van der Waals surface area contributed by atoms with Crippen molar-refractivity contribution in [1.82, 2.24) is 0 Å². The van der Waals surface area contributed by atoms with Crippen LogP contribution in [0.3, 0.4) is 0 Å². The first-order valence-electron chi connectivity index (χ1n) is 3.14. The van der Waals surface area contributed by atoms with Gasteiger partial charge in [0.25, 0.3) is 0 Å². The van der Waals surface area contributed by atoms with E-state index < -0.39 is 5.82 Å². The van der Waals surface area contributed by atoms with Gasteiger partial charge in [-0.1, -0.05) is 11.5 Å². The molecule has 1 aromatic carbocycles. The molecule has 0 saturated heterocycles. The van der Waals surface area contributed by atoms with E-state index in [0.717, 1.165) is 0 Å². The molecule has 1 aromatic rings. The van der Waals surface area contributed by atoms with Crippen LogP contribution in [0.15, 0.2) is 18.2 Å². The third-order valence-electron chi connectivity index (χ3n) is 1.26. The highest BCUT2D eigenvalue weighted by Gasteiger charge is 1.95. The summed E-state index contributed by atoms with van der Waals surface area (Å²) in [6.45, 7) is 0. The van der Waals surface area contributed by atoms with Gasteiger partial charge in [0.05, 0.1) is 12.5 Å². The summed E-state index contributed by atoms with van der Waals surface area (Å²) < 4.78 is 12.6. The van der Waals surface area contributed by atoms with Crippen LogP contribution in [0.5, 0.6) is 0 Å². The zero-order valence-corrected chi connectivity index (χ0v) is 5.84. The first kappa shape index (κ1) is 7.81.